The van der Waals surface area contributed by atoms with E-state index in [0.29, 0.717) is 0 Å². The summed E-state index contributed by atoms with van der Waals surface area (Å²) in [5.74, 6) is -0.891. The van der Waals surface area contributed by atoms with Crippen molar-refractivity contribution in [3.05, 3.63) is 0 Å². The SMILES string of the molecule is CCN1CCCC(NC(=O)NC(C)(C(=O)O)C2CC2)C1. The average Bonchev–Trinajstić information content (AvgIpc) is 3.23. The number of carbonyl (C=O) groups is 2. The molecule has 20 heavy (non-hydrogen) atoms. The molecule has 6 heteroatoms. The van der Waals surface area contributed by atoms with Crippen molar-refractivity contribution in [2.75, 3.05) is 19.6 Å². The first kappa shape index (κ1) is 15.1. The minimum Gasteiger partial charge on any atom is -0.480 e. The van der Waals surface area contributed by atoms with Crippen molar-refractivity contribution in [3.63, 3.8) is 0 Å². The third-order valence-corrected chi connectivity index (χ3v) is 4.50. The molecule has 1 saturated carbocycles. The van der Waals surface area contributed by atoms with Crippen LogP contribution in [0.5, 0.6) is 0 Å². The highest BCUT2D eigenvalue weighted by Crippen LogP contribution is 2.39. The van der Waals surface area contributed by atoms with Gasteiger partial charge in [-0.3, -0.25) is 0 Å². The van der Waals surface area contributed by atoms with Crippen LogP contribution in [-0.2, 0) is 4.79 Å². The molecule has 0 aromatic heterocycles. The minimum atomic E-state index is -1.14. The first-order chi connectivity index (χ1) is 9.45. The summed E-state index contributed by atoms with van der Waals surface area (Å²) in [5, 5.41) is 14.9. The van der Waals surface area contributed by atoms with Crippen LogP contribution in [0.4, 0.5) is 4.79 Å². The lowest BCUT2D eigenvalue weighted by molar-refractivity contribution is -0.144. The molecule has 1 heterocycles. The number of carboxylic acid groups (broad SMARTS) is 1. The Balaban J connectivity index is 1.86. The zero-order valence-corrected chi connectivity index (χ0v) is 12.3. The second-order valence-electron chi connectivity index (χ2n) is 6.11. The second kappa shape index (κ2) is 5.99. The molecule has 0 aromatic rings. The molecule has 2 rings (SSSR count). The van der Waals surface area contributed by atoms with Gasteiger partial charge in [0.1, 0.15) is 5.54 Å². The van der Waals surface area contributed by atoms with Gasteiger partial charge in [0.25, 0.3) is 0 Å². The summed E-state index contributed by atoms with van der Waals surface area (Å²) in [6, 6.07) is -0.245. The van der Waals surface area contributed by atoms with E-state index in [1.54, 1.807) is 6.92 Å². The molecule has 114 valence electrons. The van der Waals surface area contributed by atoms with E-state index in [2.05, 4.69) is 22.5 Å². The van der Waals surface area contributed by atoms with E-state index in [9.17, 15) is 14.7 Å². The summed E-state index contributed by atoms with van der Waals surface area (Å²) in [5.41, 5.74) is -1.14. The largest absolute Gasteiger partial charge is 0.480 e. The van der Waals surface area contributed by atoms with Crippen molar-refractivity contribution in [1.82, 2.24) is 15.5 Å². The number of urea groups is 1. The Kier molecular flexibility index (Phi) is 4.52. The summed E-state index contributed by atoms with van der Waals surface area (Å²) in [6.07, 6.45) is 3.76. The maximum atomic E-state index is 12.1. The van der Waals surface area contributed by atoms with Gasteiger partial charge in [-0.15, -0.1) is 0 Å². The molecule has 2 unspecified atom stereocenters. The predicted molar refractivity (Wildman–Crippen MR) is 75.6 cm³/mol. The first-order valence-corrected chi connectivity index (χ1v) is 7.50. The number of aliphatic carboxylic acids is 1. The van der Waals surface area contributed by atoms with Gasteiger partial charge in [0.15, 0.2) is 0 Å². The fraction of sp³-hybridized carbons (Fsp3) is 0.857. The van der Waals surface area contributed by atoms with Crippen LogP contribution in [0.1, 0.15) is 39.5 Å². The molecule has 0 aromatic carbocycles. The molecule has 1 saturated heterocycles. The zero-order chi connectivity index (χ0) is 14.8. The van der Waals surface area contributed by atoms with Crippen LogP contribution >= 0.6 is 0 Å². The Morgan fingerprint density at radius 3 is 2.60 bits per heavy atom. The van der Waals surface area contributed by atoms with Crippen LogP contribution in [0, 0.1) is 5.92 Å². The number of hydrogen-bond donors (Lipinski definition) is 3. The number of nitrogens with zero attached hydrogens (tertiary/aromatic N) is 1. The number of nitrogens with one attached hydrogen (secondary N) is 2. The number of likely N-dealkylation sites (N-methyl/N-ethyl adjacent to an activating group) is 1. The van der Waals surface area contributed by atoms with Crippen molar-refractivity contribution >= 4 is 12.0 Å². The van der Waals surface area contributed by atoms with Gasteiger partial charge < -0.3 is 20.6 Å². The molecular formula is C14H25N3O3. The number of rotatable bonds is 5. The highest BCUT2D eigenvalue weighted by molar-refractivity contribution is 5.86. The van der Waals surface area contributed by atoms with E-state index in [0.717, 1.165) is 45.3 Å². The standard InChI is InChI=1S/C14H25N3O3/c1-3-17-8-4-5-11(9-17)15-13(20)16-14(2,12(18)19)10-6-7-10/h10-11H,3-9H2,1-2H3,(H,18,19)(H2,15,16,20). The van der Waals surface area contributed by atoms with Crippen LogP contribution < -0.4 is 10.6 Å². The number of likely N-dealkylation sites (tertiary alicyclic amines) is 1. The first-order valence-electron chi connectivity index (χ1n) is 7.50. The Labute approximate surface area is 119 Å². The van der Waals surface area contributed by atoms with Crippen molar-refractivity contribution in [3.8, 4) is 0 Å². The van der Waals surface area contributed by atoms with Gasteiger partial charge in [-0.05, 0) is 51.6 Å². The van der Waals surface area contributed by atoms with Crippen LogP contribution in [0.15, 0.2) is 0 Å². The van der Waals surface area contributed by atoms with E-state index in [-0.39, 0.29) is 18.0 Å². The summed E-state index contributed by atoms with van der Waals surface area (Å²) < 4.78 is 0. The van der Waals surface area contributed by atoms with Crippen LogP contribution in [0.3, 0.4) is 0 Å². The van der Waals surface area contributed by atoms with Crippen molar-refractivity contribution < 1.29 is 14.7 Å². The lowest BCUT2D eigenvalue weighted by Crippen LogP contribution is -2.59. The summed E-state index contributed by atoms with van der Waals surface area (Å²) in [7, 11) is 0. The molecule has 1 aliphatic heterocycles. The van der Waals surface area contributed by atoms with E-state index in [1.807, 2.05) is 0 Å². The molecule has 2 amide bonds. The maximum Gasteiger partial charge on any atom is 0.329 e. The topological polar surface area (TPSA) is 81.7 Å². The zero-order valence-electron chi connectivity index (χ0n) is 12.3. The monoisotopic (exact) mass is 283 g/mol. The van der Waals surface area contributed by atoms with Gasteiger partial charge in [0, 0.05) is 12.6 Å². The number of hydrogen-bond acceptors (Lipinski definition) is 3. The Morgan fingerprint density at radius 2 is 2.05 bits per heavy atom. The van der Waals surface area contributed by atoms with E-state index in [4.69, 9.17) is 0 Å². The summed E-state index contributed by atoms with van der Waals surface area (Å²) >= 11 is 0. The maximum absolute atomic E-state index is 12.1. The lowest BCUT2D eigenvalue weighted by Gasteiger charge is -2.33. The van der Waals surface area contributed by atoms with Gasteiger partial charge in [-0.2, -0.15) is 0 Å². The van der Waals surface area contributed by atoms with Crippen LogP contribution in [-0.4, -0.2) is 53.2 Å². The quantitative estimate of drug-likeness (QED) is 0.703. The highest BCUT2D eigenvalue weighted by atomic mass is 16.4. The Bertz CT molecular complexity index is 384. The predicted octanol–water partition coefficient (Wildman–Crippen LogP) is 1.02. The van der Waals surface area contributed by atoms with Crippen LogP contribution in [0.2, 0.25) is 0 Å². The van der Waals surface area contributed by atoms with Crippen molar-refractivity contribution in [2.24, 2.45) is 5.92 Å². The summed E-state index contributed by atoms with van der Waals surface area (Å²) in [6.45, 7) is 6.61. The van der Waals surface area contributed by atoms with Gasteiger partial charge >= 0.3 is 12.0 Å². The van der Waals surface area contributed by atoms with Crippen LogP contribution in [0.25, 0.3) is 0 Å². The second-order valence-corrected chi connectivity index (χ2v) is 6.11. The van der Waals surface area contributed by atoms with Crippen molar-refractivity contribution in [1.29, 1.82) is 0 Å². The fourth-order valence-corrected chi connectivity index (χ4v) is 2.91. The minimum absolute atomic E-state index is 0.0595. The molecule has 0 spiro atoms. The van der Waals surface area contributed by atoms with Gasteiger partial charge in [0.05, 0.1) is 0 Å². The molecule has 0 radical (unpaired) electrons. The molecule has 1 aliphatic carbocycles. The third kappa shape index (κ3) is 3.42. The van der Waals surface area contributed by atoms with Gasteiger partial charge in [-0.25, -0.2) is 9.59 Å². The number of amides is 2. The molecule has 2 aliphatic rings. The van der Waals surface area contributed by atoms with E-state index < -0.39 is 11.5 Å². The summed E-state index contributed by atoms with van der Waals surface area (Å²) in [4.78, 5) is 25.7. The van der Waals surface area contributed by atoms with Crippen molar-refractivity contribution in [2.45, 2.75) is 51.1 Å². The lowest BCUT2D eigenvalue weighted by atomic mass is 9.96. The Morgan fingerprint density at radius 1 is 1.35 bits per heavy atom. The molecule has 6 nitrogen and oxygen atoms in total. The van der Waals surface area contributed by atoms with E-state index >= 15 is 0 Å². The molecule has 2 fully saturated rings. The smallest absolute Gasteiger partial charge is 0.329 e. The average molecular weight is 283 g/mol. The molecule has 0 bridgehead atoms. The Hall–Kier alpha value is -1.30. The number of carboxylic acids is 1. The number of piperidine rings is 1. The normalized spacial score (nSPS) is 26.6. The third-order valence-electron chi connectivity index (χ3n) is 4.50. The number of carbonyl (C=O) groups excluding carboxylic acids is 1. The highest BCUT2D eigenvalue weighted by Gasteiger charge is 2.48. The van der Waals surface area contributed by atoms with E-state index in [1.165, 1.54) is 0 Å². The van der Waals surface area contributed by atoms with Gasteiger partial charge in [-0.1, -0.05) is 6.92 Å². The molecule has 2 atom stereocenters. The molecule has 3 N–H and O–H groups in total. The fourth-order valence-electron chi connectivity index (χ4n) is 2.91. The van der Waals surface area contributed by atoms with Gasteiger partial charge in [0.2, 0.25) is 0 Å². The molecular weight excluding hydrogens is 258 g/mol.